The molecule has 0 unspecified atom stereocenters. The Morgan fingerprint density at radius 1 is 1.00 bits per heavy atom. The molecule has 0 spiro atoms. The Morgan fingerprint density at radius 3 is 2.37 bits per heavy atom. The van der Waals surface area contributed by atoms with E-state index in [1.54, 1.807) is 7.11 Å². The third kappa shape index (κ3) is 5.49. The van der Waals surface area contributed by atoms with Gasteiger partial charge >= 0.3 is 0 Å². The Balaban J connectivity index is 1.48. The molecule has 3 aromatic carbocycles. The van der Waals surface area contributed by atoms with Gasteiger partial charge in [-0.15, -0.1) is 11.6 Å². The zero-order chi connectivity index (χ0) is 26.6. The zero-order valence-corrected chi connectivity index (χ0v) is 23.5. The lowest BCUT2D eigenvalue weighted by Crippen LogP contribution is -2.45. The second-order valence-corrected chi connectivity index (χ2v) is 10.9. The summed E-state index contributed by atoms with van der Waals surface area (Å²) in [6.07, 6.45) is 4.57. The second-order valence-electron chi connectivity index (χ2n) is 10.2. The van der Waals surface area contributed by atoms with Crippen LogP contribution in [0.2, 0.25) is 0 Å². The Morgan fingerprint density at radius 2 is 1.71 bits per heavy atom. The highest BCUT2D eigenvalue weighted by Gasteiger charge is 2.34. The predicted molar refractivity (Wildman–Crippen MR) is 157 cm³/mol. The summed E-state index contributed by atoms with van der Waals surface area (Å²) in [4.78, 5) is 16.3. The van der Waals surface area contributed by atoms with Gasteiger partial charge in [-0.2, -0.15) is 0 Å². The minimum atomic E-state index is 0.0260. The molecule has 5 rings (SSSR count). The molecule has 38 heavy (non-hydrogen) atoms. The van der Waals surface area contributed by atoms with Gasteiger partial charge in [-0.3, -0.25) is 4.79 Å². The Labute approximate surface area is 235 Å². The van der Waals surface area contributed by atoms with E-state index in [2.05, 4.69) is 47.8 Å². The second kappa shape index (κ2) is 11.9. The molecule has 1 fully saturated rings. The Hall–Kier alpha value is -2.79. The van der Waals surface area contributed by atoms with E-state index in [4.69, 9.17) is 27.9 Å². The summed E-state index contributed by atoms with van der Waals surface area (Å²) in [7, 11) is 3.70. The minimum Gasteiger partial charge on any atom is -0.496 e. The number of halogens is 2. The van der Waals surface area contributed by atoms with Gasteiger partial charge in [-0.1, -0.05) is 66.2 Å². The third-order valence-electron chi connectivity index (χ3n) is 8.01. The molecule has 198 valence electrons. The van der Waals surface area contributed by atoms with Crippen molar-refractivity contribution in [3.05, 3.63) is 94.6 Å². The number of ether oxygens (including phenoxy) is 1. The van der Waals surface area contributed by atoms with Crippen LogP contribution in [0, 0.1) is 0 Å². The highest BCUT2D eigenvalue weighted by molar-refractivity contribution is 6.51. The van der Waals surface area contributed by atoms with E-state index in [0.717, 1.165) is 64.8 Å². The van der Waals surface area contributed by atoms with Crippen LogP contribution in [0.1, 0.15) is 47.9 Å². The fraction of sp³-hybridized carbons (Fsp3) is 0.344. The maximum Gasteiger partial charge on any atom is 0.252 e. The minimum absolute atomic E-state index is 0.0260. The van der Waals surface area contributed by atoms with Crippen molar-refractivity contribution in [1.29, 1.82) is 0 Å². The van der Waals surface area contributed by atoms with Gasteiger partial charge in [-0.25, -0.2) is 0 Å². The van der Waals surface area contributed by atoms with Crippen LogP contribution in [0.4, 0.5) is 0 Å². The number of rotatable bonds is 8. The molecular weight excluding hydrogens is 515 g/mol. The average molecular weight is 550 g/mol. The average Bonchev–Trinajstić information content (AvgIpc) is 3.32. The van der Waals surface area contributed by atoms with Crippen LogP contribution >= 0.6 is 23.2 Å². The van der Waals surface area contributed by atoms with E-state index in [1.165, 1.54) is 0 Å². The number of carbonyl (C=O) groups excluding carboxylic acids is 1. The summed E-state index contributed by atoms with van der Waals surface area (Å²) >= 11 is 12.8. The van der Waals surface area contributed by atoms with Gasteiger partial charge in [0.25, 0.3) is 5.91 Å². The van der Waals surface area contributed by atoms with Crippen LogP contribution in [0.15, 0.2) is 72.3 Å². The summed E-state index contributed by atoms with van der Waals surface area (Å²) in [5.41, 5.74) is 7.03. The van der Waals surface area contributed by atoms with Crippen LogP contribution in [0.3, 0.4) is 0 Å². The molecule has 1 N–H and O–H groups in total. The number of hydrogen-bond acceptors (Lipinski definition) is 3. The van der Waals surface area contributed by atoms with Crippen LogP contribution in [0.25, 0.3) is 16.2 Å². The molecule has 0 aliphatic heterocycles. The van der Waals surface area contributed by atoms with Crippen molar-refractivity contribution in [2.24, 2.45) is 0 Å². The van der Waals surface area contributed by atoms with Gasteiger partial charge < -0.3 is 15.0 Å². The number of fused-ring (bicyclic) bond motifs is 1. The van der Waals surface area contributed by atoms with Crippen LogP contribution in [0.5, 0.6) is 5.75 Å². The number of methoxy groups -OCH3 is 1. The number of alkyl halides is 1. The number of hydrogen-bond donors (Lipinski definition) is 1. The van der Waals surface area contributed by atoms with Crippen molar-refractivity contribution in [3.8, 4) is 16.9 Å². The fourth-order valence-electron chi connectivity index (χ4n) is 5.76. The number of carbonyl (C=O) groups is 1. The van der Waals surface area contributed by atoms with Crippen molar-refractivity contribution < 1.29 is 9.53 Å². The number of benzene rings is 3. The molecule has 1 amide bonds. The highest BCUT2D eigenvalue weighted by Crippen LogP contribution is 2.38. The maximum absolute atomic E-state index is 14.2. The zero-order valence-electron chi connectivity index (χ0n) is 22.0. The normalized spacial score (nSPS) is 18.8. The van der Waals surface area contributed by atoms with E-state index >= 15 is 0 Å². The first-order chi connectivity index (χ1) is 18.5. The predicted octanol–water partition coefficient (Wildman–Crippen LogP) is 7.17. The maximum atomic E-state index is 14.2. The van der Waals surface area contributed by atoms with Crippen molar-refractivity contribution in [1.82, 2.24) is 10.2 Å². The van der Waals surface area contributed by atoms with Crippen LogP contribution in [-0.2, 0) is 23.6 Å². The van der Waals surface area contributed by atoms with Gasteiger partial charge in [0, 0.05) is 42.1 Å². The Bertz CT molecular complexity index is 1330. The van der Waals surface area contributed by atoms with Crippen molar-refractivity contribution in [2.45, 2.75) is 56.6 Å². The first-order valence-electron chi connectivity index (χ1n) is 13.3. The third-order valence-corrected chi connectivity index (χ3v) is 8.75. The lowest BCUT2D eigenvalue weighted by Gasteiger charge is -2.37. The van der Waals surface area contributed by atoms with Crippen molar-refractivity contribution >= 4 is 34.1 Å². The molecule has 0 saturated heterocycles. The molecule has 4 nitrogen and oxygen atoms in total. The van der Waals surface area contributed by atoms with E-state index in [9.17, 15) is 4.79 Å². The smallest absolute Gasteiger partial charge is 0.252 e. The molecule has 0 bridgehead atoms. The van der Waals surface area contributed by atoms with Gasteiger partial charge in [0.15, 0.2) is 0 Å². The number of amides is 1. The molecule has 6 heteroatoms. The van der Waals surface area contributed by atoms with Gasteiger partial charge in [0.1, 0.15) is 5.75 Å². The summed E-state index contributed by atoms with van der Waals surface area (Å²) < 4.78 is 5.77. The quantitative estimate of drug-likeness (QED) is 0.303. The topological polar surface area (TPSA) is 41.6 Å². The van der Waals surface area contributed by atoms with Gasteiger partial charge in [-0.05, 0) is 72.7 Å². The lowest BCUT2D eigenvalue weighted by molar-refractivity contribution is -0.130. The van der Waals surface area contributed by atoms with E-state index in [0.29, 0.717) is 35.5 Å². The number of nitrogens with zero attached hydrogens (tertiary/aromatic N) is 1. The highest BCUT2D eigenvalue weighted by atomic mass is 35.5. The Kier molecular flexibility index (Phi) is 8.42. The lowest BCUT2D eigenvalue weighted by atomic mass is 9.89. The molecule has 2 aliphatic rings. The first-order valence-corrected chi connectivity index (χ1v) is 14.2. The molecule has 3 aromatic rings. The number of nitrogens with one attached hydrogen (secondary N) is 1. The van der Waals surface area contributed by atoms with E-state index < -0.39 is 0 Å². The first kappa shape index (κ1) is 26.8. The molecule has 0 atom stereocenters. The largest absolute Gasteiger partial charge is 0.496 e. The standard InChI is InChI=1S/C32H34Cl2N2O2/c1-35-26-12-14-27(15-13-26)36(32(37)29-18-24-5-3-4-6-28(24)31(29)34)20-25-17-23(11-16-30(25)38-2)22-9-7-21(19-33)8-10-22/h3-11,16-17,26-27,35H,12-15,18-20H2,1-2H3/t26-,27+. The summed E-state index contributed by atoms with van der Waals surface area (Å²) in [6, 6.07) is 23.2. The monoisotopic (exact) mass is 548 g/mol. The fourth-order valence-corrected chi connectivity index (χ4v) is 6.27. The van der Waals surface area contributed by atoms with E-state index in [-0.39, 0.29) is 11.9 Å². The molecule has 0 aromatic heterocycles. The van der Waals surface area contributed by atoms with Crippen LogP contribution < -0.4 is 10.1 Å². The molecular formula is C32H34Cl2N2O2. The molecule has 1 saturated carbocycles. The summed E-state index contributed by atoms with van der Waals surface area (Å²) in [5.74, 6) is 1.30. The van der Waals surface area contributed by atoms with E-state index in [1.807, 2.05) is 36.2 Å². The summed E-state index contributed by atoms with van der Waals surface area (Å²) in [5, 5.41) is 3.99. The molecule has 2 aliphatic carbocycles. The van der Waals surface area contributed by atoms with Gasteiger partial charge in [0.05, 0.1) is 12.1 Å². The van der Waals surface area contributed by atoms with Crippen molar-refractivity contribution in [3.63, 3.8) is 0 Å². The van der Waals surface area contributed by atoms with Crippen LogP contribution in [-0.4, -0.2) is 37.0 Å². The SMILES string of the molecule is CN[C@H]1CC[C@@H](N(Cc2cc(-c3ccc(CCl)cc3)ccc2OC)C(=O)C2=C(Cl)c3ccccc3C2)CC1. The molecule has 0 heterocycles. The summed E-state index contributed by atoms with van der Waals surface area (Å²) in [6.45, 7) is 0.467. The van der Waals surface area contributed by atoms with Crippen molar-refractivity contribution in [2.75, 3.05) is 14.2 Å². The molecule has 0 radical (unpaired) electrons. The van der Waals surface area contributed by atoms with Gasteiger partial charge in [0.2, 0.25) is 0 Å².